The number of alkyl halides is 3. The molecule has 6 heteroatoms. The molecular weight excluding hydrogens is 724 g/mol. The molecule has 48 heavy (non-hydrogen) atoms. The van der Waals surface area contributed by atoms with Crippen molar-refractivity contribution in [3.05, 3.63) is 153 Å². The third-order valence-electron chi connectivity index (χ3n) is 8.21. The molecule has 0 bridgehead atoms. The van der Waals surface area contributed by atoms with Crippen LogP contribution in [0.25, 0.3) is 11.1 Å². The molecule has 0 fully saturated rings. The fourth-order valence-corrected chi connectivity index (χ4v) is 6.78. The van der Waals surface area contributed by atoms with Gasteiger partial charge in [-0.2, -0.15) is 23.8 Å². The molecule has 0 nitrogen and oxygen atoms in total. The molecule has 0 saturated carbocycles. The first-order valence-electron chi connectivity index (χ1n) is 15.7. The topological polar surface area (TPSA) is 0 Å². The molecule has 0 radical (unpaired) electrons. The Bertz CT molecular complexity index is 1690. The van der Waals surface area contributed by atoms with Gasteiger partial charge in [-0.15, -0.1) is 23.1 Å². The number of hydrogen-bond donors (Lipinski definition) is 0. The van der Waals surface area contributed by atoms with Crippen LogP contribution in [0, 0.1) is 26.0 Å². The summed E-state index contributed by atoms with van der Waals surface area (Å²) in [7, 11) is 0. The second-order valence-electron chi connectivity index (χ2n) is 14.0. The van der Waals surface area contributed by atoms with Gasteiger partial charge in [0.05, 0.1) is 0 Å². The summed E-state index contributed by atoms with van der Waals surface area (Å²) in [6.45, 7) is 18.2. The number of aryl methyl sites for hydroxylation is 2. The van der Waals surface area contributed by atoms with Crippen molar-refractivity contribution in [2.24, 2.45) is 0 Å². The van der Waals surface area contributed by atoms with E-state index in [-0.39, 0.29) is 35.6 Å². The van der Waals surface area contributed by atoms with Gasteiger partial charge in [0.1, 0.15) is 0 Å². The smallest absolute Gasteiger partial charge is 0.109 e. The molecule has 0 aromatic heterocycles. The zero-order valence-electron chi connectivity index (χ0n) is 29.0. The van der Waals surface area contributed by atoms with Crippen LogP contribution in [0.2, 0.25) is 0 Å². The molecule has 0 saturated heterocycles. The van der Waals surface area contributed by atoms with E-state index in [1.807, 2.05) is 42.5 Å². The summed E-state index contributed by atoms with van der Waals surface area (Å²) in [5.74, 6) is 0. The molecule has 252 valence electrons. The van der Waals surface area contributed by atoms with Crippen molar-refractivity contribution in [3.63, 3.8) is 0 Å². The number of benzene rings is 4. The zero-order chi connectivity index (χ0) is 33.9. The van der Waals surface area contributed by atoms with Crippen LogP contribution in [0.15, 0.2) is 91.0 Å². The van der Waals surface area contributed by atoms with Gasteiger partial charge in [-0.25, -0.2) is 12.2 Å². The van der Waals surface area contributed by atoms with Gasteiger partial charge in [0.15, 0.2) is 0 Å². The summed E-state index contributed by atoms with van der Waals surface area (Å²) < 4.78 is 38.8. The van der Waals surface area contributed by atoms with Crippen LogP contribution in [0.5, 0.6) is 0 Å². The predicted molar refractivity (Wildman–Crippen MR) is 183 cm³/mol. The minimum absolute atomic E-state index is 0. The van der Waals surface area contributed by atoms with Crippen molar-refractivity contribution in [3.8, 4) is 11.1 Å². The second-order valence-corrected chi connectivity index (χ2v) is 15.3. The van der Waals surface area contributed by atoms with Gasteiger partial charge < -0.3 is 24.8 Å². The van der Waals surface area contributed by atoms with Gasteiger partial charge in [0.25, 0.3) is 0 Å². The molecule has 6 rings (SSSR count). The Labute approximate surface area is 313 Å². The van der Waals surface area contributed by atoms with Gasteiger partial charge in [0, 0.05) is 0 Å². The molecule has 0 heterocycles. The van der Waals surface area contributed by atoms with E-state index < -0.39 is 11.7 Å². The summed E-state index contributed by atoms with van der Waals surface area (Å²) >= 11 is 1.09. The maximum absolute atomic E-state index is 12.6. The normalized spacial score (nSPS) is 12.8. The predicted octanol–water partition coefficient (Wildman–Crippen LogP) is 5.40. The number of hydrogen-bond acceptors (Lipinski definition) is 0. The Morgan fingerprint density at radius 3 is 1.85 bits per heavy atom. The largest absolute Gasteiger partial charge is 1.00 e. The Morgan fingerprint density at radius 1 is 0.729 bits per heavy atom. The van der Waals surface area contributed by atoms with E-state index in [0.29, 0.717) is 5.56 Å². The number of rotatable bonds is 2. The van der Waals surface area contributed by atoms with E-state index in [2.05, 4.69) is 91.8 Å². The van der Waals surface area contributed by atoms with Crippen molar-refractivity contribution < 1.29 is 62.2 Å². The van der Waals surface area contributed by atoms with Gasteiger partial charge in [-0.1, -0.05) is 71.6 Å². The van der Waals surface area contributed by atoms with Gasteiger partial charge in [-0.05, 0) is 35.4 Å². The summed E-state index contributed by atoms with van der Waals surface area (Å²) in [4.78, 5) is 0. The summed E-state index contributed by atoms with van der Waals surface area (Å²) in [5.41, 5.74) is 12.6. The maximum Gasteiger partial charge on any atom is -0.109 e. The molecule has 2 aliphatic rings. The monoisotopic (exact) mass is 764 g/mol. The Kier molecular flexibility index (Phi) is 14.7. The first-order valence-corrected chi connectivity index (χ1v) is 16.9. The fraction of sp³-hybridized carbons (Fsp3) is 0.310. The van der Waals surface area contributed by atoms with Crippen molar-refractivity contribution in [1.82, 2.24) is 0 Å². The van der Waals surface area contributed by atoms with Gasteiger partial charge >= 0.3 is 118 Å². The average Bonchev–Trinajstić information content (AvgIpc) is 3.67. The molecule has 4 aromatic carbocycles. The van der Waals surface area contributed by atoms with Crippen LogP contribution in [0.4, 0.5) is 13.2 Å². The number of fused-ring (bicyclic) bond motifs is 3. The van der Waals surface area contributed by atoms with Crippen LogP contribution in [0.1, 0.15) is 98.0 Å². The van der Waals surface area contributed by atoms with Crippen LogP contribution in [-0.2, 0) is 47.7 Å². The quantitative estimate of drug-likeness (QED) is 0.211. The van der Waals surface area contributed by atoms with E-state index in [4.69, 9.17) is 0 Å². The van der Waals surface area contributed by atoms with E-state index in [0.717, 1.165) is 51.9 Å². The molecule has 0 unspecified atom stereocenters. The van der Waals surface area contributed by atoms with Crippen LogP contribution in [-0.4, -0.2) is 3.21 Å². The van der Waals surface area contributed by atoms with Crippen LogP contribution in [0.3, 0.4) is 0 Å². The summed E-state index contributed by atoms with van der Waals surface area (Å²) in [6, 6.07) is 25.9. The van der Waals surface area contributed by atoms with Crippen molar-refractivity contribution in [1.29, 1.82) is 0 Å². The summed E-state index contributed by atoms with van der Waals surface area (Å²) in [5, 5.41) is 0. The van der Waals surface area contributed by atoms with Crippen molar-refractivity contribution in [2.45, 2.75) is 85.2 Å². The zero-order valence-corrected chi connectivity index (χ0v) is 32.9. The molecule has 0 amide bonds. The molecule has 0 atom stereocenters. The van der Waals surface area contributed by atoms with Crippen molar-refractivity contribution in [2.75, 3.05) is 0 Å². The third kappa shape index (κ3) is 10.5. The number of halogens is 5. The van der Waals surface area contributed by atoms with Gasteiger partial charge in [0.2, 0.25) is 0 Å². The average molecular weight is 767 g/mol. The van der Waals surface area contributed by atoms with Crippen molar-refractivity contribution >= 4 is 3.21 Å². The van der Waals surface area contributed by atoms with E-state index in [1.54, 1.807) is 6.07 Å². The molecule has 0 aliphatic heterocycles. The standard InChI is InChI=1S/C23H29.C14H9F3.C5H5.2ClH.Zr/c1-14-9-16-11-17-10-15(2)21(23(6,7)8)13-19(17)18(16)12-20(14)22(3,4)5;15-14(16,17)13-8-4-7-12(10-13)9-11-5-2-1-3-6-11;1-2-4-5-3-1;;;/h9,12-13H,11H2,1-8H3;1-8,10H;1-3H,4H2;2*1H;/q-1;;-1;;;+2/p-2. The Balaban J connectivity index is 0.000000286. The van der Waals surface area contributed by atoms with E-state index in [1.165, 1.54) is 56.6 Å². The van der Waals surface area contributed by atoms with Crippen LogP contribution >= 0.6 is 0 Å². The maximum atomic E-state index is 12.6. The Hall–Kier alpha value is -2.52. The molecule has 0 N–H and O–H groups in total. The molecule has 0 spiro atoms. The molecule has 4 aromatic rings. The summed E-state index contributed by atoms with van der Waals surface area (Å²) in [6.07, 6.45) is 6.74. The minimum atomic E-state index is -4.29. The fourth-order valence-electron chi connectivity index (χ4n) is 5.99. The van der Waals surface area contributed by atoms with Crippen LogP contribution < -0.4 is 24.8 Å². The van der Waals surface area contributed by atoms with Gasteiger partial charge in [-0.3, -0.25) is 6.08 Å². The first-order chi connectivity index (χ1) is 21.5. The third-order valence-corrected chi connectivity index (χ3v) is 9.63. The minimum Gasteiger partial charge on any atom is -1.00 e. The molecular formula is C42H43Cl2F3Zr-2. The Morgan fingerprint density at radius 2 is 1.33 bits per heavy atom. The number of allylic oxidation sites excluding steroid dienone is 4. The van der Waals surface area contributed by atoms with E-state index >= 15 is 0 Å². The molecule has 2 aliphatic carbocycles. The SMILES string of the molecule is Cc1[c-]c2c(cc1C(C)(C)C)-c1cc(C(C)(C)C)c(C)cc1C2.FC(F)(F)c1cccc([C](=[Zr+2])c2ccccc2)c1.[C-]1=CC=CC1.[Cl-].[Cl-]. The first kappa shape index (κ1) is 41.7. The second kappa shape index (κ2) is 16.9. The van der Waals surface area contributed by atoms with E-state index in [9.17, 15) is 13.2 Å².